The molecule has 2 N–H and O–H groups in total. The van der Waals surface area contributed by atoms with E-state index in [4.69, 9.17) is 17.0 Å². The summed E-state index contributed by atoms with van der Waals surface area (Å²) in [5.41, 5.74) is 1.82. The number of aromatic nitrogens is 1. The van der Waals surface area contributed by atoms with E-state index in [1.54, 1.807) is 11.3 Å². The molecule has 16 heavy (non-hydrogen) atoms. The molecule has 1 rings (SSSR count). The molecule has 0 saturated heterocycles. The normalized spacial score (nSPS) is 10.1. The maximum absolute atomic E-state index is 5.22. The molecular formula is C10H17N3OS2. The van der Waals surface area contributed by atoms with E-state index in [2.05, 4.69) is 15.6 Å². The van der Waals surface area contributed by atoms with Gasteiger partial charge in [0.05, 0.1) is 12.1 Å². The Bertz CT molecular complexity index is 290. The Hall–Kier alpha value is -0.720. The molecule has 0 atom stereocenters. The maximum atomic E-state index is 5.22. The van der Waals surface area contributed by atoms with E-state index in [9.17, 15) is 0 Å². The molecule has 0 bridgehead atoms. The Morgan fingerprint density at radius 2 is 2.44 bits per heavy atom. The van der Waals surface area contributed by atoms with Crippen LogP contribution in [0.2, 0.25) is 0 Å². The molecule has 0 aromatic carbocycles. The summed E-state index contributed by atoms with van der Waals surface area (Å²) < 4.78 is 5.22. The number of hydrogen-bond acceptors (Lipinski definition) is 4. The van der Waals surface area contributed by atoms with Crippen LogP contribution in [-0.2, 0) is 11.3 Å². The van der Waals surface area contributed by atoms with Crippen LogP contribution in [0.4, 0.5) is 0 Å². The highest BCUT2D eigenvalue weighted by atomic mass is 32.1. The lowest BCUT2D eigenvalue weighted by atomic mass is 10.4. The second kappa shape index (κ2) is 8.43. The van der Waals surface area contributed by atoms with E-state index in [0.717, 1.165) is 32.7 Å². The summed E-state index contributed by atoms with van der Waals surface area (Å²) in [4.78, 5) is 5.17. The number of thiazole rings is 1. The van der Waals surface area contributed by atoms with Gasteiger partial charge >= 0.3 is 0 Å². The van der Waals surface area contributed by atoms with Crippen LogP contribution in [0.1, 0.15) is 18.2 Å². The van der Waals surface area contributed by atoms with Crippen molar-refractivity contribution in [1.82, 2.24) is 15.6 Å². The molecule has 0 unspecified atom stereocenters. The highest BCUT2D eigenvalue weighted by molar-refractivity contribution is 7.80. The Labute approximate surface area is 105 Å². The number of thiocarbonyl (C=S) groups is 1. The Morgan fingerprint density at radius 3 is 3.12 bits per heavy atom. The Morgan fingerprint density at radius 1 is 1.56 bits per heavy atom. The summed E-state index contributed by atoms with van der Waals surface area (Å²) in [5, 5.41) is 6.94. The van der Waals surface area contributed by atoms with Gasteiger partial charge in [-0.15, -0.1) is 11.3 Å². The minimum absolute atomic E-state index is 0.685. The zero-order chi connectivity index (χ0) is 11.6. The van der Waals surface area contributed by atoms with Crippen LogP contribution in [-0.4, -0.2) is 29.9 Å². The molecule has 0 radical (unpaired) electrons. The predicted molar refractivity (Wildman–Crippen MR) is 70.7 cm³/mol. The maximum Gasteiger partial charge on any atom is 0.166 e. The van der Waals surface area contributed by atoms with Crippen molar-refractivity contribution in [2.75, 3.05) is 19.8 Å². The summed E-state index contributed by atoms with van der Waals surface area (Å²) in [6.07, 6.45) is 2.81. The zero-order valence-electron chi connectivity index (χ0n) is 9.36. The average Bonchev–Trinajstić information content (AvgIpc) is 2.79. The van der Waals surface area contributed by atoms with Gasteiger partial charge in [0.1, 0.15) is 0 Å². The quantitative estimate of drug-likeness (QED) is 0.574. The molecule has 1 aromatic rings. The van der Waals surface area contributed by atoms with Gasteiger partial charge in [0.2, 0.25) is 0 Å². The minimum atomic E-state index is 0.685. The van der Waals surface area contributed by atoms with Crippen LogP contribution in [0, 0.1) is 0 Å². The second-order valence-corrected chi connectivity index (χ2v) is 4.51. The topological polar surface area (TPSA) is 46.2 Å². The van der Waals surface area contributed by atoms with Gasteiger partial charge in [-0.3, -0.25) is 4.98 Å². The summed E-state index contributed by atoms with van der Waals surface area (Å²) in [6, 6.07) is 0. The summed E-state index contributed by atoms with van der Waals surface area (Å²) in [5.74, 6) is 0. The monoisotopic (exact) mass is 259 g/mol. The average molecular weight is 259 g/mol. The standard InChI is InChI=1S/C10H17N3OS2/c1-2-14-5-3-4-12-10(15)13-7-9-6-11-8-16-9/h6,8H,2-5,7H2,1H3,(H2,12,13,15). The van der Waals surface area contributed by atoms with E-state index in [1.807, 2.05) is 18.6 Å². The number of nitrogens with zero attached hydrogens (tertiary/aromatic N) is 1. The Balaban J connectivity index is 1.99. The van der Waals surface area contributed by atoms with Crippen LogP contribution in [0.15, 0.2) is 11.7 Å². The smallest absolute Gasteiger partial charge is 0.166 e. The summed E-state index contributed by atoms with van der Waals surface area (Å²) >= 11 is 6.75. The molecule has 6 heteroatoms. The van der Waals surface area contributed by atoms with Crippen molar-refractivity contribution in [3.05, 3.63) is 16.6 Å². The van der Waals surface area contributed by atoms with E-state index in [1.165, 1.54) is 4.88 Å². The van der Waals surface area contributed by atoms with Crippen molar-refractivity contribution in [2.45, 2.75) is 19.9 Å². The minimum Gasteiger partial charge on any atom is -0.382 e. The first kappa shape index (κ1) is 13.3. The van der Waals surface area contributed by atoms with Crippen LogP contribution < -0.4 is 10.6 Å². The molecule has 1 heterocycles. The number of nitrogens with one attached hydrogen (secondary N) is 2. The Kier molecular flexibility index (Phi) is 7.03. The molecule has 90 valence electrons. The summed E-state index contributed by atoms with van der Waals surface area (Å²) in [6.45, 7) is 5.13. The van der Waals surface area contributed by atoms with Gasteiger partial charge in [-0.25, -0.2) is 0 Å². The molecule has 0 saturated carbocycles. The second-order valence-electron chi connectivity index (χ2n) is 3.13. The van der Waals surface area contributed by atoms with Gasteiger partial charge in [-0.2, -0.15) is 0 Å². The van der Waals surface area contributed by atoms with Crippen molar-refractivity contribution in [1.29, 1.82) is 0 Å². The highest BCUT2D eigenvalue weighted by Crippen LogP contribution is 2.03. The fourth-order valence-electron chi connectivity index (χ4n) is 1.08. The molecule has 0 fully saturated rings. The molecule has 0 aliphatic rings. The third kappa shape index (κ3) is 5.99. The molecule has 0 amide bonds. The van der Waals surface area contributed by atoms with Crippen molar-refractivity contribution in [3.63, 3.8) is 0 Å². The van der Waals surface area contributed by atoms with Crippen LogP contribution >= 0.6 is 23.6 Å². The number of rotatable bonds is 7. The highest BCUT2D eigenvalue weighted by Gasteiger charge is 1.97. The molecule has 0 spiro atoms. The first-order valence-corrected chi connectivity index (χ1v) is 6.58. The van der Waals surface area contributed by atoms with Gasteiger partial charge in [-0.05, 0) is 25.6 Å². The van der Waals surface area contributed by atoms with E-state index >= 15 is 0 Å². The van der Waals surface area contributed by atoms with E-state index in [0.29, 0.717) is 5.11 Å². The zero-order valence-corrected chi connectivity index (χ0v) is 11.0. The molecule has 1 aromatic heterocycles. The van der Waals surface area contributed by atoms with Crippen molar-refractivity contribution in [3.8, 4) is 0 Å². The SMILES string of the molecule is CCOCCCNC(=S)NCc1cncs1. The molecule has 0 aliphatic carbocycles. The fourth-order valence-corrected chi connectivity index (χ4v) is 1.79. The van der Waals surface area contributed by atoms with Gasteiger partial charge in [-0.1, -0.05) is 0 Å². The van der Waals surface area contributed by atoms with Crippen molar-refractivity contribution < 1.29 is 4.74 Å². The van der Waals surface area contributed by atoms with Gasteiger partial charge in [0.15, 0.2) is 5.11 Å². The van der Waals surface area contributed by atoms with Gasteiger partial charge in [0.25, 0.3) is 0 Å². The lowest BCUT2D eigenvalue weighted by Gasteiger charge is -2.09. The third-order valence-corrected chi connectivity index (χ3v) is 2.93. The molecular weight excluding hydrogens is 242 g/mol. The largest absolute Gasteiger partial charge is 0.382 e. The molecule has 0 aliphatic heterocycles. The number of ether oxygens (including phenoxy) is 1. The molecule has 4 nitrogen and oxygen atoms in total. The van der Waals surface area contributed by atoms with E-state index in [-0.39, 0.29) is 0 Å². The third-order valence-electron chi connectivity index (χ3n) is 1.86. The van der Waals surface area contributed by atoms with Gasteiger partial charge < -0.3 is 15.4 Å². The predicted octanol–water partition coefficient (Wildman–Crippen LogP) is 1.53. The van der Waals surface area contributed by atoms with Crippen LogP contribution in [0.3, 0.4) is 0 Å². The first-order chi connectivity index (χ1) is 7.83. The fraction of sp³-hybridized carbons (Fsp3) is 0.600. The van der Waals surface area contributed by atoms with Crippen LogP contribution in [0.25, 0.3) is 0 Å². The lowest BCUT2D eigenvalue weighted by Crippen LogP contribution is -2.35. The van der Waals surface area contributed by atoms with Crippen LogP contribution in [0.5, 0.6) is 0 Å². The van der Waals surface area contributed by atoms with Gasteiger partial charge in [0, 0.05) is 30.8 Å². The van der Waals surface area contributed by atoms with Crippen molar-refractivity contribution in [2.24, 2.45) is 0 Å². The van der Waals surface area contributed by atoms with E-state index < -0.39 is 0 Å². The lowest BCUT2D eigenvalue weighted by molar-refractivity contribution is 0.145. The summed E-state index contributed by atoms with van der Waals surface area (Å²) in [7, 11) is 0. The number of hydrogen-bond donors (Lipinski definition) is 2. The van der Waals surface area contributed by atoms with Crippen molar-refractivity contribution >= 4 is 28.7 Å². The first-order valence-electron chi connectivity index (χ1n) is 5.29.